The molecular formula is C26H33N7O2S. The number of rotatable bonds is 11. The van der Waals surface area contributed by atoms with E-state index < -0.39 is 6.09 Å². The molecule has 0 aliphatic carbocycles. The van der Waals surface area contributed by atoms with Gasteiger partial charge < -0.3 is 10.1 Å². The van der Waals surface area contributed by atoms with Crippen molar-refractivity contribution in [1.82, 2.24) is 29.8 Å². The number of amides is 1. The Morgan fingerprint density at radius 1 is 1.17 bits per heavy atom. The van der Waals surface area contributed by atoms with Gasteiger partial charge in [-0.15, -0.1) is 11.3 Å². The van der Waals surface area contributed by atoms with Gasteiger partial charge in [0.1, 0.15) is 5.82 Å². The minimum Gasteiger partial charge on any atom is -0.450 e. The van der Waals surface area contributed by atoms with Crippen LogP contribution in [0.4, 0.5) is 10.6 Å². The maximum absolute atomic E-state index is 12.1. The Hall–Kier alpha value is -3.34. The third-order valence-electron chi connectivity index (χ3n) is 6.01. The number of nitrogens with zero attached hydrogens (tertiary/aromatic N) is 5. The van der Waals surface area contributed by atoms with Crippen molar-refractivity contribution in [1.29, 1.82) is 0 Å². The monoisotopic (exact) mass is 507 g/mol. The van der Waals surface area contributed by atoms with Gasteiger partial charge in [-0.1, -0.05) is 19.9 Å². The molecule has 0 spiro atoms. The molecule has 4 aromatic heterocycles. The minimum atomic E-state index is -0.533. The summed E-state index contributed by atoms with van der Waals surface area (Å²) in [7, 11) is 0. The predicted molar refractivity (Wildman–Crippen MR) is 144 cm³/mol. The number of hydrogen-bond donors (Lipinski definition) is 2. The van der Waals surface area contributed by atoms with Crippen molar-refractivity contribution in [2.24, 2.45) is 0 Å². The highest BCUT2D eigenvalue weighted by atomic mass is 32.1. The Kier molecular flexibility index (Phi) is 8.63. The topological polar surface area (TPSA) is 96.7 Å². The fourth-order valence-corrected chi connectivity index (χ4v) is 4.87. The Balaban J connectivity index is 1.64. The molecule has 4 rings (SSSR count). The number of fused-ring (bicyclic) bond motifs is 1. The normalized spacial score (nSPS) is 12.2. The van der Waals surface area contributed by atoms with Crippen LogP contribution in [0, 0.1) is 0 Å². The van der Waals surface area contributed by atoms with E-state index in [1.165, 1.54) is 0 Å². The molecule has 0 fully saturated rings. The smallest absolute Gasteiger partial charge is 0.412 e. The second-order valence-electron chi connectivity index (χ2n) is 8.41. The third kappa shape index (κ3) is 6.07. The van der Waals surface area contributed by atoms with E-state index in [4.69, 9.17) is 14.7 Å². The number of hydrogen-bond acceptors (Lipinski definition) is 8. The molecule has 0 saturated heterocycles. The van der Waals surface area contributed by atoms with Crippen LogP contribution in [0.3, 0.4) is 0 Å². The van der Waals surface area contributed by atoms with Crippen molar-refractivity contribution in [3.8, 4) is 21.8 Å². The van der Waals surface area contributed by atoms with Crippen LogP contribution in [0.25, 0.3) is 27.5 Å². The number of pyridine rings is 1. The van der Waals surface area contributed by atoms with Crippen LogP contribution in [0.2, 0.25) is 0 Å². The SMILES string of the molecule is CCOC(=O)Nc1cc(CNC[C@H](C)N(CC)CC)cc(-c2cnn3ccc(-c4cccs4)nc23)n1. The zero-order valence-corrected chi connectivity index (χ0v) is 22.0. The van der Waals surface area contributed by atoms with Gasteiger partial charge in [0.2, 0.25) is 0 Å². The number of aromatic nitrogens is 4. The lowest BCUT2D eigenvalue weighted by molar-refractivity contribution is 0.168. The number of carbonyl (C=O) groups is 1. The van der Waals surface area contributed by atoms with Gasteiger partial charge in [-0.05, 0) is 62.1 Å². The molecule has 0 aliphatic heterocycles. The first-order chi connectivity index (χ1) is 17.5. The Labute approximate surface area is 215 Å². The summed E-state index contributed by atoms with van der Waals surface area (Å²) in [5.74, 6) is 0.424. The second kappa shape index (κ2) is 12.1. The highest BCUT2D eigenvalue weighted by Gasteiger charge is 2.15. The van der Waals surface area contributed by atoms with Gasteiger partial charge in [-0.2, -0.15) is 5.10 Å². The largest absolute Gasteiger partial charge is 0.450 e. The van der Waals surface area contributed by atoms with Crippen molar-refractivity contribution < 1.29 is 9.53 Å². The van der Waals surface area contributed by atoms with Crippen LogP contribution < -0.4 is 10.6 Å². The first-order valence-electron chi connectivity index (χ1n) is 12.3. The van der Waals surface area contributed by atoms with Crippen molar-refractivity contribution in [3.63, 3.8) is 0 Å². The zero-order chi connectivity index (χ0) is 25.5. The summed E-state index contributed by atoms with van der Waals surface area (Å²) < 4.78 is 6.81. The molecule has 9 nitrogen and oxygen atoms in total. The molecule has 0 aliphatic rings. The summed E-state index contributed by atoms with van der Waals surface area (Å²) in [6, 6.07) is 10.3. The molecule has 0 bridgehead atoms. The summed E-state index contributed by atoms with van der Waals surface area (Å²) in [4.78, 5) is 25.2. The van der Waals surface area contributed by atoms with Gasteiger partial charge in [0.15, 0.2) is 5.65 Å². The van der Waals surface area contributed by atoms with Crippen molar-refractivity contribution in [2.45, 2.75) is 40.3 Å². The number of anilines is 1. The van der Waals surface area contributed by atoms with Crippen molar-refractivity contribution >= 4 is 28.9 Å². The van der Waals surface area contributed by atoms with E-state index in [-0.39, 0.29) is 6.61 Å². The van der Waals surface area contributed by atoms with Crippen LogP contribution in [0.5, 0.6) is 0 Å². The number of likely N-dealkylation sites (N-methyl/N-ethyl adjacent to an activating group) is 1. The van der Waals surface area contributed by atoms with Crippen LogP contribution in [-0.4, -0.2) is 62.9 Å². The fourth-order valence-electron chi connectivity index (χ4n) is 4.18. The molecule has 1 atom stereocenters. The summed E-state index contributed by atoms with van der Waals surface area (Å²) in [5.41, 5.74) is 4.05. The molecule has 2 N–H and O–H groups in total. The summed E-state index contributed by atoms with van der Waals surface area (Å²) in [6.07, 6.45) is 3.13. The van der Waals surface area contributed by atoms with E-state index in [9.17, 15) is 4.79 Å². The molecular weight excluding hydrogens is 474 g/mol. The average molecular weight is 508 g/mol. The Bertz CT molecular complexity index is 1280. The van der Waals surface area contributed by atoms with Gasteiger partial charge in [-0.25, -0.2) is 19.3 Å². The summed E-state index contributed by atoms with van der Waals surface area (Å²) >= 11 is 1.64. The molecule has 1 amide bonds. The zero-order valence-electron chi connectivity index (χ0n) is 21.2. The van der Waals surface area contributed by atoms with E-state index in [1.54, 1.807) is 29.0 Å². The molecule has 0 saturated carbocycles. The van der Waals surface area contributed by atoms with Crippen molar-refractivity contribution in [3.05, 3.63) is 53.7 Å². The van der Waals surface area contributed by atoms with Crippen LogP contribution in [0.1, 0.15) is 33.3 Å². The molecule has 4 heterocycles. The standard InChI is InChI=1S/C26H33N7O2S/c1-5-32(6-2)18(4)15-27-16-19-13-22(29-24(14-19)31-26(34)35-7-3)20-17-28-33-11-10-21(30-25(20)33)23-9-8-12-36-23/h8-14,17-18,27H,5-7,15-16H2,1-4H3,(H,29,31,34)/t18-/m0/s1. The van der Waals surface area contributed by atoms with E-state index >= 15 is 0 Å². The van der Waals surface area contributed by atoms with E-state index in [1.807, 2.05) is 41.9 Å². The second-order valence-corrected chi connectivity index (χ2v) is 9.36. The molecule has 36 heavy (non-hydrogen) atoms. The first-order valence-corrected chi connectivity index (χ1v) is 13.2. The minimum absolute atomic E-state index is 0.284. The molecule has 0 aromatic carbocycles. The van der Waals surface area contributed by atoms with E-state index in [0.29, 0.717) is 29.7 Å². The Morgan fingerprint density at radius 2 is 2.00 bits per heavy atom. The number of thiophene rings is 1. The van der Waals surface area contributed by atoms with E-state index in [2.05, 4.69) is 41.4 Å². The fraction of sp³-hybridized carbons (Fsp3) is 0.385. The van der Waals surface area contributed by atoms with Gasteiger partial charge in [0, 0.05) is 25.3 Å². The van der Waals surface area contributed by atoms with Crippen molar-refractivity contribution in [2.75, 3.05) is 31.6 Å². The molecule has 0 radical (unpaired) electrons. The lowest BCUT2D eigenvalue weighted by atomic mass is 10.1. The predicted octanol–water partition coefficient (Wildman–Crippen LogP) is 4.91. The lowest BCUT2D eigenvalue weighted by Crippen LogP contribution is -2.40. The van der Waals surface area contributed by atoms with Crippen LogP contribution in [-0.2, 0) is 11.3 Å². The maximum atomic E-state index is 12.1. The quantitative estimate of drug-likeness (QED) is 0.298. The number of nitrogens with one attached hydrogen (secondary N) is 2. The van der Waals surface area contributed by atoms with Crippen LogP contribution >= 0.6 is 11.3 Å². The molecule has 0 unspecified atom stereocenters. The Morgan fingerprint density at radius 3 is 2.72 bits per heavy atom. The average Bonchev–Trinajstić information content (AvgIpc) is 3.55. The highest BCUT2D eigenvalue weighted by molar-refractivity contribution is 7.13. The van der Waals surface area contributed by atoms with Gasteiger partial charge >= 0.3 is 6.09 Å². The highest BCUT2D eigenvalue weighted by Crippen LogP contribution is 2.28. The number of carbonyl (C=O) groups excluding carboxylic acids is 1. The summed E-state index contributed by atoms with van der Waals surface area (Å²) in [6.45, 7) is 12.1. The number of ether oxygens (including phenoxy) is 1. The van der Waals surface area contributed by atoms with Gasteiger partial charge in [0.05, 0.1) is 34.6 Å². The summed E-state index contributed by atoms with van der Waals surface area (Å²) in [5, 5.41) is 12.8. The van der Waals surface area contributed by atoms with Crippen LogP contribution in [0.15, 0.2) is 48.1 Å². The third-order valence-corrected chi connectivity index (χ3v) is 6.91. The first kappa shape index (κ1) is 25.7. The van der Waals surface area contributed by atoms with E-state index in [0.717, 1.165) is 41.3 Å². The molecule has 4 aromatic rings. The molecule has 10 heteroatoms. The lowest BCUT2D eigenvalue weighted by Gasteiger charge is -2.26. The van der Waals surface area contributed by atoms with Gasteiger partial charge in [0.25, 0.3) is 0 Å². The van der Waals surface area contributed by atoms with Gasteiger partial charge in [-0.3, -0.25) is 10.2 Å². The maximum Gasteiger partial charge on any atom is 0.412 e. The molecule has 190 valence electrons.